The van der Waals surface area contributed by atoms with E-state index in [9.17, 15) is 21.6 Å². The fourth-order valence-corrected chi connectivity index (χ4v) is 4.22. The van der Waals surface area contributed by atoms with Gasteiger partial charge >= 0.3 is 6.61 Å². The molecule has 0 amide bonds. The molecule has 0 aliphatic heterocycles. The van der Waals surface area contributed by atoms with Crippen molar-refractivity contribution in [2.24, 2.45) is 16.5 Å². The lowest BCUT2D eigenvalue weighted by molar-refractivity contribution is -0.0495. The molecule has 0 saturated heterocycles. The van der Waals surface area contributed by atoms with E-state index in [2.05, 4.69) is 23.9 Å². The summed E-state index contributed by atoms with van der Waals surface area (Å²) >= 11 is 0. The maximum Gasteiger partial charge on any atom is 0.387 e. The number of anilines is 1. The Balaban J connectivity index is 1.72. The van der Waals surface area contributed by atoms with Crippen molar-refractivity contribution in [3.8, 4) is 5.75 Å². The van der Waals surface area contributed by atoms with Crippen molar-refractivity contribution >= 4 is 15.7 Å². The lowest BCUT2D eigenvalue weighted by Gasteiger charge is -2.13. The fraction of sp³-hybridized carbons (Fsp3) is 0.368. The molecule has 2 aromatic rings. The van der Waals surface area contributed by atoms with Gasteiger partial charge in [-0.25, -0.2) is 17.9 Å². The van der Waals surface area contributed by atoms with Gasteiger partial charge in [-0.15, -0.1) is 0 Å². The number of ether oxygens (including phenoxy) is 1. The van der Waals surface area contributed by atoms with Crippen LogP contribution in [0.2, 0.25) is 0 Å². The van der Waals surface area contributed by atoms with Gasteiger partial charge in [-0.05, 0) is 47.1 Å². The average Bonchev–Trinajstić information content (AvgIpc) is 3.13. The highest BCUT2D eigenvalue weighted by Gasteiger charge is 2.57. The first-order chi connectivity index (χ1) is 13.0. The lowest BCUT2D eigenvalue weighted by atomic mass is 10.0. The van der Waals surface area contributed by atoms with Crippen molar-refractivity contribution in [1.82, 2.24) is 0 Å². The van der Waals surface area contributed by atoms with Crippen LogP contribution in [-0.4, -0.2) is 21.6 Å². The number of benzene rings is 2. The predicted octanol–water partition coefficient (Wildman–Crippen LogP) is 3.93. The Labute approximate surface area is 161 Å². The smallest absolute Gasteiger partial charge is 0.387 e. The fourth-order valence-electron chi connectivity index (χ4n) is 3.71. The summed E-state index contributed by atoms with van der Waals surface area (Å²) in [5, 5.41) is 8.18. The largest absolute Gasteiger partial charge is 0.433 e. The van der Waals surface area contributed by atoms with Gasteiger partial charge in [-0.1, -0.05) is 26.0 Å². The zero-order valence-corrected chi connectivity index (χ0v) is 16.1. The topological polar surface area (TPSA) is 81.4 Å². The molecule has 1 saturated carbocycles. The van der Waals surface area contributed by atoms with Crippen molar-refractivity contribution in [2.75, 3.05) is 11.9 Å². The van der Waals surface area contributed by atoms with Crippen LogP contribution in [0.25, 0.3) is 0 Å². The summed E-state index contributed by atoms with van der Waals surface area (Å²) in [6.07, 6.45) is 0. The van der Waals surface area contributed by atoms with E-state index in [-0.39, 0.29) is 33.6 Å². The summed E-state index contributed by atoms with van der Waals surface area (Å²) in [6, 6.07) is 9.84. The first kappa shape index (κ1) is 20.5. The molecule has 0 radical (unpaired) electrons. The van der Waals surface area contributed by atoms with E-state index in [1.54, 1.807) is 12.1 Å². The number of alkyl halides is 2. The van der Waals surface area contributed by atoms with E-state index in [0.29, 0.717) is 6.54 Å². The molecule has 0 aromatic heterocycles. The highest BCUT2D eigenvalue weighted by molar-refractivity contribution is 7.89. The Morgan fingerprint density at radius 1 is 1.18 bits per heavy atom. The molecule has 9 heteroatoms. The summed E-state index contributed by atoms with van der Waals surface area (Å²) in [5.74, 6) is -0.602. The Bertz CT molecular complexity index is 963. The van der Waals surface area contributed by atoms with E-state index in [1.165, 1.54) is 24.3 Å². The van der Waals surface area contributed by atoms with Crippen molar-refractivity contribution in [3.63, 3.8) is 0 Å². The standard InChI is InChI=1S/C19H21F3N2O3S/c1-19(2)14(17(19)11-3-6-13(7-4-11)28(23,25)26)10-24-15-8-5-12(20)9-16(15)27-18(21)22/h3-9,14,17-18,24H,10H2,1-2H3,(H2,23,25,26). The Hall–Kier alpha value is -2.26. The maximum atomic E-state index is 13.3. The molecule has 2 unspecified atom stereocenters. The van der Waals surface area contributed by atoms with Gasteiger partial charge in [0.15, 0.2) is 5.75 Å². The Kier molecular flexibility index (Phi) is 5.33. The van der Waals surface area contributed by atoms with Gasteiger partial charge in [0.05, 0.1) is 10.6 Å². The molecule has 3 rings (SSSR count). The van der Waals surface area contributed by atoms with Crippen molar-refractivity contribution in [1.29, 1.82) is 0 Å². The van der Waals surface area contributed by atoms with Crippen molar-refractivity contribution in [3.05, 3.63) is 53.8 Å². The van der Waals surface area contributed by atoms with Gasteiger partial charge in [0.2, 0.25) is 10.0 Å². The summed E-state index contributed by atoms with van der Waals surface area (Å²) < 4.78 is 65.6. The van der Waals surface area contributed by atoms with Gasteiger partial charge in [0, 0.05) is 12.6 Å². The molecule has 0 bridgehead atoms. The number of nitrogens with two attached hydrogens (primary N) is 1. The van der Waals surface area contributed by atoms with Gasteiger partial charge in [-0.2, -0.15) is 8.78 Å². The quantitative estimate of drug-likeness (QED) is 0.719. The second kappa shape index (κ2) is 7.29. The van der Waals surface area contributed by atoms with Crippen LogP contribution >= 0.6 is 0 Å². The van der Waals surface area contributed by atoms with Gasteiger partial charge in [-0.3, -0.25) is 0 Å². The molecule has 3 N–H and O–H groups in total. The molecule has 0 heterocycles. The SMILES string of the molecule is CC1(C)C(CNc2ccc(F)cc2OC(F)F)C1c1ccc(S(N)(=O)=O)cc1. The highest BCUT2D eigenvalue weighted by Crippen LogP contribution is 2.64. The number of primary sulfonamides is 1. The molecule has 152 valence electrons. The van der Waals surface area contributed by atoms with Crippen LogP contribution in [0.1, 0.15) is 25.3 Å². The van der Waals surface area contributed by atoms with Gasteiger partial charge < -0.3 is 10.1 Å². The predicted molar refractivity (Wildman–Crippen MR) is 99.3 cm³/mol. The first-order valence-corrected chi connectivity index (χ1v) is 10.2. The molecule has 28 heavy (non-hydrogen) atoms. The molecular weight excluding hydrogens is 393 g/mol. The number of hydrogen-bond acceptors (Lipinski definition) is 4. The van der Waals surface area contributed by atoms with Crippen LogP contribution in [-0.2, 0) is 10.0 Å². The second-order valence-corrected chi connectivity index (χ2v) is 8.98. The van der Waals surface area contributed by atoms with E-state index in [0.717, 1.165) is 11.6 Å². The Morgan fingerprint density at radius 3 is 2.39 bits per heavy atom. The minimum Gasteiger partial charge on any atom is -0.433 e. The molecule has 1 aliphatic rings. The second-order valence-electron chi connectivity index (χ2n) is 7.42. The number of sulfonamides is 1. The van der Waals surface area contributed by atoms with Gasteiger partial charge in [0.1, 0.15) is 5.82 Å². The van der Waals surface area contributed by atoms with Crippen molar-refractivity contribution < 1.29 is 26.3 Å². The first-order valence-electron chi connectivity index (χ1n) is 8.61. The van der Waals surface area contributed by atoms with Crippen LogP contribution < -0.4 is 15.2 Å². The zero-order valence-electron chi connectivity index (χ0n) is 15.3. The van der Waals surface area contributed by atoms with Crippen LogP contribution in [0, 0.1) is 17.2 Å². The zero-order chi connectivity index (χ0) is 20.7. The van der Waals surface area contributed by atoms with Gasteiger partial charge in [0.25, 0.3) is 0 Å². The number of rotatable bonds is 7. The normalized spacial score (nSPS) is 20.8. The molecule has 1 fully saturated rings. The minimum absolute atomic E-state index is 0.0458. The molecule has 5 nitrogen and oxygen atoms in total. The third-order valence-corrected chi connectivity index (χ3v) is 6.22. The third-order valence-electron chi connectivity index (χ3n) is 5.29. The average molecular weight is 414 g/mol. The lowest BCUT2D eigenvalue weighted by Crippen LogP contribution is -2.12. The van der Waals surface area contributed by atoms with E-state index in [4.69, 9.17) is 5.14 Å². The van der Waals surface area contributed by atoms with Crippen LogP contribution in [0.15, 0.2) is 47.4 Å². The minimum atomic E-state index is -3.75. The molecular formula is C19H21F3N2O3S. The molecule has 0 spiro atoms. The molecule has 2 aromatic carbocycles. The third kappa shape index (κ3) is 4.25. The monoisotopic (exact) mass is 414 g/mol. The van der Waals surface area contributed by atoms with Crippen molar-refractivity contribution in [2.45, 2.75) is 31.3 Å². The highest BCUT2D eigenvalue weighted by atomic mass is 32.2. The summed E-state index contributed by atoms with van der Waals surface area (Å²) in [7, 11) is -3.75. The van der Waals surface area contributed by atoms with Crippen LogP contribution in [0.5, 0.6) is 5.75 Å². The molecule has 2 atom stereocenters. The van der Waals surface area contributed by atoms with Crippen LogP contribution in [0.4, 0.5) is 18.9 Å². The van der Waals surface area contributed by atoms with Crippen LogP contribution in [0.3, 0.4) is 0 Å². The number of hydrogen-bond donors (Lipinski definition) is 2. The number of halogens is 3. The number of nitrogens with one attached hydrogen (secondary N) is 1. The molecule has 1 aliphatic carbocycles. The summed E-state index contributed by atoms with van der Waals surface area (Å²) in [5.41, 5.74) is 1.17. The maximum absolute atomic E-state index is 13.3. The summed E-state index contributed by atoms with van der Waals surface area (Å²) in [4.78, 5) is 0.0458. The van der Waals surface area contributed by atoms with E-state index >= 15 is 0 Å². The van der Waals surface area contributed by atoms with E-state index < -0.39 is 22.5 Å². The van der Waals surface area contributed by atoms with E-state index in [1.807, 2.05) is 0 Å². The summed E-state index contributed by atoms with van der Waals surface area (Å²) in [6.45, 7) is 1.54. The Morgan fingerprint density at radius 2 is 1.82 bits per heavy atom.